The Morgan fingerprint density at radius 3 is 1.80 bits per heavy atom. The van der Waals surface area contributed by atoms with E-state index in [0.29, 0.717) is 5.75 Å². The second kappa shape index (κ2) is 8.06. The van der Waals surface area contributed by atoms with Crippen LogP contribution < -0.4 is 14.5 Å². The molecule has 3 aromatic rings. The maximum atomic E-state index is 11.5. The summed E-state index contributed by atoms with van der Waals surface area (Å²) in [6.45, 7) is 5.72. The largest absolute Gasteiger partial charge is 0.496 e. The van der Waals surface area contributed by atoms with Crippen LogP contribution in [0, 0.1) is 24.0 Å². The minimum absolute atomic E-state index is 0.0606. The SMILES string of the molecule is COc1ccc([N+](=O)[O-])cc1C1N(c2ccc(C)cc2)CCN1c1ccc(C)cc1. The lowest BCUT2D eigenvalue weighted by Crippen LogP contribution is -2.31. The smallest absolute Gasteiger partial charge is 0.270 e. The van der Waals surface area contributed by atoms with Gasteiger partial charge in [0.15, 0.2) is 0 Å². The van der Waals surface area contributed by atoms with Crippen LogP contribution in [-0.4, -0.2) is 25.1 Å². The molecule has 0 saturated carbocycles. The molecule has 0 unspecified atom stereocenters. The van der Waals surface area contributed by atoms with Crippen molar-refractivity contribution in [3.8, 4) is 5.75 Å². The highest BCUT2D eigenvalue weighted by Crippen LogP contribution is 2.42. The number of benzene rings is 3. The molecule has 1 fully saturated rings. The topological polar surface area (TPSA) is 58.9 Å². The highest BCUT2D eigenvalue weighted by Gasteiger charge is 2.36. The van der Waals surface area contributed by atoms with Crippen LogP contribution in [0.15, 0.2) is 66.7 Å². The summed E-state index contributed by atoms with van der Waals surface area (Å²) < 4.78 is 5.62. The monoisotopic (exact) mass is 403 g/mol. The Labute approximate surface area is 176 Å². The fraction of sp³-hybridized carbons (Fsp3) is 0.250. The maximum Gasteiger partial charge on any atom is 0.270 e. The number of hydrogen-bond donors (Lipinski definition) is 0. The molecule has 1 aliphatic heterocycles. The summed E-state index contributed by atoms with van der Waals surface area (Å²) in [7, 11) is 1.60. The summed E-state index contributed by atoms with van der Waals surface area (Å²) in [6, 6.07) is 21.6. The van der Waals surface area contributed by atoms with Gasteiger partial charge in [0, 0.05) is 42.2 Å². The van der Waals surface area contributed by atoms with Crippen molar-refractivity contribution in [1.29, 1.82) is 0 Å². The number of anilines is 2. The van der Waals surface area contributed by atoms with Crippen LogP contribution in [0.25, 0.3) is 0 Å². The van der Waals surface area contributed by atoms with Crippen molar-refractivity contribution >= 4 is 17.1 Å². The standard InChI is InChI=1S/C24H25N3O3/c1-17-4-8-19(9-5-17)25-14-15-26(20-10-6-18(2)7-11-20)24(25)22-16-21(27(28)29)12-13-23(22)30-3/h4-13,16,24H,14-15H2,1-3H3. The van der Waals surface area contributed by atoms with Gasteiger partial charge < -0.3 is 14.5 Å². The van der Waals surface area contributed by atoms with E-state index < -0.39 is 0 Å². The maximum absolute atomic E-state index is 11.5. The molecule has 30 heavy (non-hydrogen) atoms. The average molecular weight is 403 g/mol. The summed E-state index contributed by atoms with van der Waals surface area (Å²) >= 11 is 0. The van der Waals surface area contributed by atoms with Crippen molar-refractivity contribution in [2.24, 2.45) is 0 Å². The first-order valence-corrected chi connectivity index (χ1v) is 9.97. The molecule has 6 nitrogen and oxygen atoms in total. The summed E-state index contributed by atoms with van der Waals surface area (Å²) in [6.07, 6.45) is -0.217. The zero-order valence-corrected chi connectivity index (χ0v) is 17.4. The third-order valence-electron chi connectivity index (χ3n) is 5.61. The highest BCUT2D eigenvalue weighted by atomic mass is 16.6. The normalized spacial score (nSPS) is 14.2. The van der Waals surface area contributed by atoms with Crippen LogP contribution in [-0.2, 0) is 0 Å². The first-order chi connectivity index (χ1) is 14.5. The summed E-state index contributed by atoms with van der Waals surface area (Å²) in [5.74, 6) is 0.640. The van der Waals surface area contributed by atoms with E-state index in [-0.39, 0.29) is 16.8 Å². The van der Waals surface area contributed by atoms with Crippen molar-refractivity contribution in [2.45, 2.75) is 20.0 Å². The Balaban J connectivity index is 1.85. The second-order valence-corrected chi connectivity index (χ2v) is 7.61. The van der Waals surface area contributed by atoms with Gasteiger partial charge in [-0.3, -0.25) is 10.1 Å². The molecule has 0 spiro atoms. The van der Waals surface area contributed by atoms with Gasteiger partial charge >= 0.3 is 0 Å². The zero-order valence-electron chi connectivity index (χ0n) is 17.4. The molecule has 0 radical (unpaired) electrons. The Morgan fingerprint density at radius 2 is 1.37 bits per heavy atom. The number of rotatable bonds is 5. The fourth-order valence-electron chi connectivity index (χ4n) is 4.01. The lowest BCUT2D eigenvalue weighted by molar-refractivity contribution is -0.384. The summed E-state index contributed by atoms with van der Waals surface area (Å²) in [5.41, 5.74) is 5.38. The van der Waals surface area contributed by atoms with Crippen LogP contribution >= 0.6 is 0 Å². The first kappa shape index (κ1) is 19.8. The quantitative estimate of drug-likeness (QED) is 0.430. The molecule has 1 saturated heterocycles. The molecule has 4 rings (SSSR count). The third kappa shape index (κ3) is 3.68. The second-order valence-electron chi connectivity index (χ2n) is 7.61. The number of ether oxygens (including phenoxy) is 1. The number of nitrogens with zero attached hydrogens (tertiary/aromatic N) is 3. The van der Waals surface area contributed by atoms with Crippen LogP contribution in [0.3, 0.4) is 0 Å². The molecular weight excluding hydrogens is 378 g/mol. The van der Waals surface area contributed by atoms with Crippen molar-refractivity contribution in [1.82, 2.24) is 0 Å². The highest BCUT2D eigenvalue weighted by molar-refractivity contribution is 5.62. The van der Waals surface area contributed by atoms with Gasteiger partial charge in [-0.15, -0.1) is 0 Å². The van der Waals surface area contributed by atoms with E-state index in [0.717, 1.165) is 30.0 Å². The first-order valence-electron chi connectivity index (χ1n) is 9.97. The van der Waals surface area contributed by atoms with Crippen LogP contribution in [0.4, 0.5) is 17.1 Å². The van der Waals surface area contributed by atoms with Gasteiger partial charge in [-0.05, 0) is 44.2 Å². The van der Waals surface area contributed by atoms with Gasteiger partial charge in [0.05, 0.1) is 12.0 Å². The fourth-order valence-corrected chi connectivity index (χ4v) is 4.01. The minimum Gasteiger partial charge on any atom is -0.496 e. The van der Waals surface area contributed by atoms with Gasteiger partial charge in [0.1, 0.15) is 11.9 Å². The molecule has 154 valence electrons. The Morgan fingerprint density at radius 1 is 0.867 bits per heavy atom. The van der Waals surface area contributed by atoms with E-state index >= 15 is 0 Å². The van der Waals surface area contributed by atoms with E-state index in [4.69, 9.17) is 4.74 Å². The number of methoxy groups -OCH3 is 1. The molecule has 0 aliphatic carbocycles. The van der Waals surface area contributed by atoms with Crippen molar-refractivity contribution in [3.05, 3.63) is 93.5 Å². The van der Waals surface area contributed by atoms with Gasteiger partial charge in [-0.25, -0.2) is 0 Å². The summed E-state index contributed by atoms with van der Waals surface area (Å²) in [4.78, 5) is 15.7. The molecule has 6 heteroatoms. The Bertz CT molecular complexity index is 995. The predicted molar refractivity (Wildman–Crippen MR) is 119 cm³/mol. The molecule has 0 atom stereocenters. The van der Waals surface area contributed by atoms with Gasteiger partial charge in [-0.1, -0.05) is 35.4 Å². The van der Waals surface area contributed by atoms with E-state index in [2.05, 4.69) is 72.2 Å². The Kier molecular flexibility index (Phi) is 5.31. The van der Waals surface area contributed by atoms with Crippen LogP contribution in [0.5, 0.6) is 5.75 Å². The molecule has 3 aromatic carbocycles. The van der Waals surface area contributed by atoms with E-state index in [1.54, 1.807) is 19.2 Å². The van der Waals surface area contributed by atoms with Gasteiger partial charge in [0.2, 0.25) is 0 Å². The number of hydrogen-bond acceptors (Lipinski definition) is 5. The van der Waals surface area contributed by atoms with Crippen molar-refractivity contribution in [3.63, 3.8) is 0 Å². The number of nitro groups is 1. The third-order valence-corrected chi connectivity index (χ3v) is 5.61. The lowest BCUT2D eigenvalue weighted by atomic mass is 10.1. The molecule has 0 N–H and O–H groups in total. The number of nitro benzene ring substituents is 1. The van der Waals surface area contributed by atoms with E-state index in [1.165, 1.54) is 17.2 Å². The summed E-state index contributed by atoms with van der Waals surface area (Å²) in [5, 5.41) is 11.5. The van der Waals surface area contributed by atoms with E-state index in [9.17, 15) is 10.1 Å². The molecule has 0 bridgehead atoms. The zero-order chi connectivity index (χ0) is 21.3. The molecule has 1 heterocycles. The number of aryl methyl sites for hydroxylation is 2. The van der Waals surface area contributed by atoms with Crippen molar-refractivity contribution < 1.29 is 9.66 Å². The van der Waals surface area contributed by atoms with Crippen LogP contribution in [0.2, 0.25) is 0 Å². The molecule has 0 aromatic heterocycles. The minimum atomic E-state index is -0.357. The molecule has 1 aliphatic rings. The lowest BCUT2D eigenvalue weighted by Gasteiger charge is -2.34. The number of non-ortho nitro benzene ring substituents is 1. The van der Waals surface area contributed by atoms with Gasteiger partial charge in [-0.2, -0.15) is 0 Å². The average Bonchev–Trinajstić information content (AvgIpc) is 3.19. The molecular formula is C24H25N3O3. The Hall–Kier alpha value is -3.54. The van der Waals surface area contributed by atoms with Gasteiger partial charge in [0.25, 0.3) is 5.69 Å². The van der Waals surface area contributed by atoms with E-state index in [1.807, 2.05) is 0 Å². The predicted octanol–water partition coefficient (Wildman–Crippen LogP) is 5.25. The van der Waals surface area contributed by atoms with Crippen molar-refractivity contribution in [2.75, 3.05) is 30.0 Å². The van der Waals surface area contributed by atoms with Crippen LogP contribution in [0.1, 0.15) is 22.9 Å². The molecule has 0 amide bonds.